The van der Waals surface area contributed by atoms with Crippen LogP contribution in [0.4, 0.5) is 4.79 Å². The number of rotatable bonds is 3. The summed E-state index contributed by atoms with van der Waals surface area (Å²) in [6.07, 6.45) is 6.13. The van der Waals surface area contributed by atoms with E-state index in [1.807, 2.05) is 6.92 Å². The third-order valence-electron chi connectivity index (χ3n) is 2.77. The molecule has 0 radical (unpaired) electrons. The molecular weight excluding hydrogens is 220 g/mol. The quantitative estimate of drug-likeness (QED) is 0.828. The van der Waals surface area contributed by atoms with Gasteiger partial charge in [-0.2, -0.15) is 0 Å². The molecule has 1 aliphatic heterocycles. The van der Waals surface area contributed by atoms with E-state index in [9.17, 15) is 9.59 Å². The maximum absolute atomic E-state index is 11.7. The van der Waals surface area contributed by atoms with Crippen molar-refractivity contribution in [3.8, 4) is 0 Å². The molecule has 2 amide bonds. The minimum Gasteiger partial charge on any atom is -0.341 e. The maximum Gasteiger partial charge on any atom is 0.327 e. The van der Waals surface area contributed by atoms with E-state index in [1.165, 1.54) is 10.9 Å². The predicted molar refractivity (Wildman–Crippen MR) is 61.4 cm³/mol. The smallest absolute Gasteiger partial charge is 0.327 e. The summed E-state index contributed by atoms with van der Waals surface area (Å²) in [7, 11) is 0. The van der Waals surface area contributed by atoms with Crippen LogP contribution < -0.4 is 5.32 Å². The Balaban J connectivity index is 1.83. The number of hydrogen-bond donors (Lipinski definition) is 1. The molecule has 1 aliphatic rings. The molecule has 0 aliphatic carbocycles. The Bertz CT molecular complexity index is 402. The van der Waals surface area contributed by atoms with Crippen LogP contribution in [0.5, 0.6) is 0 Å². The van der Waals surface area contributed by atoms with Crippen LogP contribution in [0.1, 0.15) is 19.8 Å². The molecule has 2 heterocycles. The van der Waals surface area contributed by atoms with Crippen LogP contribution in [-0.4, -0.2) is 45.5 Å². The highest BCUT2D eigenvalue weighted by Crippen LogP contribution is 2.09. The molecule has 6 nitrogen and oxygen atoms in total. The average molecular weight is 236 g/mol. The molecule has 1 saturated heterocycles. The highest BCUT2D eigenvalue weighted by molar-refractivity contribution is 5.78. The van der Waals surface area contributed by atoms with Gasteiger partial charge in [0.15, 0.2) is 0 Å². The number of nitrogens with one attached hydrogen (secondary N) is 1. The fraction of sp³-hybridized carbons (Fsp3) is 0.545. The van der Waals surface area contributed by atoms with Crippen molar-refractivity contribution in [3.05, 3.63) is 18.7 Å². The van der Waals surface area contributed by atoms with Crippen LogP contribution in [0.3, 0.4) is 0 Å². The summed E-state index contributed by atoms with van der Waals surface area (Å²) in [5.41, 5.74) is 0. The van der Waals surface area contributed by atoms with Gasteiger partial charge in [-0.3, -0.25) is 9.36 Å². The largest absolute Gasteiger partial charge is 0.341 e. The Morgan fingerprint density at radius 3 is 3.06 bits per heavy atom. The monoisotopic (exact) mass is 236 g/mol. The third kappa shape index (κ3) is 2.83. The lowest BCUT2D eigenvalue weighted by Crippen LogP contribution is -2.43. The molecule has 6 heteroatoms. The fourth-order valence-corrected chi connectivity index (χ4v) is 1.94. The Hall–Kier alpha value is -1.85. The molecule has 0 spiro atoms. The van der Waals surface area contributed by atoms with E-state index >= 15 is 0 Å². The van der Waals surface area contributed by atoms with Gasteiger partial charge >= 0.3 is 6.03 Å². The van der Waals surface area contributed by atoms with E-state index in [4.69, 9.17) is 0 Å². The van der Waals surface area contributed by atoms with E-state index in [0.29, 0.717) is 13.0 Å². The molecular formula is C11H16N4O2. The van der Waals surface area contributed by atoms with Crippen LogP contribution in [0.15, 0.2) is 18.7 Å². The second kappa shape index (κ2) is 4.99. The second-order valence-corrected chi connectivity index (χ2v) is 4.26. The average Bonchev–Trinajstić information content (AvgIpc) is 2.90. The lowest BCUT2D eigenvalue weighted by molar-refractivity contribution is -0.127. The van der Waals surface area contributed by atoms with Gasteiger partial charge in [0.25, 0.3) is 0 Å². The molecule has 1 atom stereocenters. The summed E-state index contributed by atoms with van der Waals surface area (Å²) >= 11 is 0. The first-order valence-electron chi connectivity index (χ1n) is 5.73. The van der Waals surface area contributed by atoms with E-state index < -0.39 is 0 Å². The van der Waals surface area contributed by atoms with E-state index in [-0.39, 0.29) is 18.0 Å². The standard InChI is InChI=1S/C11H16N4O2/c1-9(7-14-5-2-3-10(14)16)13-11(17)15-6-4-12-8-15/h4,6,8-9H,2-3,5,7H2,1H3,(H,13,17). The highest BCUT2D eigenvalue weighted by Gasteiger charge is 2.22. The Morgan fingerprint density at radius 1 is 1.65 bits per heavy atom. The lowest BCUT2D eigenvalue weighted by atomic mass is 10.3. The molecule has 1 N–H and O–H groups in total. The summed E-state index contributed by atoms with van der Waals surface area (Å²) in [6, 6.07) is -0.284. The van der Waals surface area contributed by atoms with Crippen molar-refractivity contribution in [1.82, 2.24) is 19.8 Å². The fourth-order valence-electron chi connectivity index (χ4n) is 1.94. The molecule has 2 rings (SSSR count). The van der Waals surface area contributed by atoms with Crippen molar-refractivity contribution >= 4 is 11.9 Å². The number of imidazole rings is 1. The zero-order chi connectivity index (χ0) is 12.3. The van der Waals surface area contributed by atoms with Gasteiger partial charge in [0, 0.05) is 37.9 Å². The number of aromatic nitrogens is 2. The summed E-state index contributed by atoms with van der Waals surface area (Å²) in [4.78, 5) is 28.7. The van der Waals surface area contributed by atoms with Gasteiger partial charge in [0.1, 0.15) is 6.33 Å². The van der Waals surface area contributed by atoms with Crippen LogP contribution in [0.25, 0.3) is 0 Å². The maximum atomic E-state index is 11.7. The van der Waals surface area contributed by atoms with E-state index in [2.05, 4.69) is 10.3 Å². The zero-order valence-corrected chi connectivity index (χ0v) is 9.80. The van der Waals surface area contributed by atoms with Crippen molar-refractivity contribution in [2.24, 2.45) is 0 Å². The van der Waals surface area contributed by atoms with Crippen LogP contribution in [0.2, 0.25) is 0 Å². The van der Waals surface area contributed by atoms with Gasteiger partial charge in [-0.25, -0.2) is 9.78 Å². The summed E-state index contributed by atoms with van der Waals surface area (Å²) in [6.45, 7) is 3.25. The van der Waals surface area contributed by atoms with Crippen molar-refractivity contribution in [2.45, 2.75) is 25.8 Å². The van der Waals surface area contributed by atoms with Crippen molar-refractivity contribution in [3.63, 3.8) is 0 Å². The minimum absolute atomic E-state index is 0.0630. The molecule has 1 unspecified atom stereocenters. The number of amides is 2. The van der Waals surface area contributed by atoms with E-state index in [0.717, 1.165) is 13.0 Å². The summed E-state index contributed by atoms with van der Waals surface area (Å²) in [5, 5.41) is 2.82. The molecule has 0 aromatic carbocycles. The van der Waals surface area contributed by atoms with Gasteiger partial charge in [0.05, 0.1) is 0 Å². The van der Waals surface area contributed by atoms with Crippen LogP contribution in [0, 0.1) is 0 Å². The van der Waals surface area contributed by atoms with Gasteiger partial charge in [-0.1, -0.05) is 0 Å². The first-order chi connectivity index (χ1) is 8.16. The Morgan fingerprint density at radius 2 is 2.47 bits per heavy atom. The molecule has 1 fully saturated rings. The normalized spacial score (nSPS) is 17.2. The number of carbonyl (C=O) groups excluding carboxylic acids is 2. The van der Waals surface area contributed by atoms with Gasteiger partial charge in [-0.15, -0.1) is 0 Å². The molecule has 1 aromatic rings. The lowest BCUT2D eigenvalue weighted by Gasteiger charge is -2.21. The first-order valence-corrected chi connectivity index (χ1v) is 5.73. The number of hydrogen-bond acceptors (Lipinski definition) is 3. The van der Waals surface area contributed by atoms with E-state index in [1.54, 1.807) is 17.3 Å². The topological polar surface area (TPSA) is 67.2 Å². The van der Waals surface area contributed by atoms with Crippen molar-refractivity contribution < 1.29 is 9.59 Å². The van der Waals surface area contributed by atoms with Gasteiger partial charge < -0.3 is 10.2 Å². The van der Waals surface area contributed by atoms with Crippen LogP contribution in [-0.2, 0) is 4.79 Å². The summed E-state index contributed by atoms with van der Waals surface area (Å²) in [5.74, 6) is 0.175. The second-order valence-electron chi connectivity index (χ2n) is 4.26. The molecule has 0 saturated carbocycles. The van der Waals surface area contributed by atoms with Gasteiger partial charge in [0.2, 0.25) is 5.91 Å². The number of nitrogens with zero attached hydrogens (tertiary/aromatic N) is 3. The zero-order valence-electron chi connectivity index (χ0n) is 9.80. The van der Waals surface area contributed by atoms with Crippen LogP contribution >= 0.6 is 0 Å². The Labute approximate surface area is 99.6 Å². The number of carbonyl (C=O) groups is 2. The molecule has 0 bridgehead atoms. The molecule has 92 valence electrons. The number of likely N-dealkylation sites (tertiary alicyclic amines) is 1. The first kappa shape index (κ1) is 11.6. The minimum atomic E-state index is -0.221. The van der Waals surface area contributed by atoms with Crippen molar-refractivity contribution in [2.75, 3.05) is 13.1 Å². The Kier molecular flexibility index (Phi) is 3.41. The molecule has 17 heavy (non-hydrogen) atoms. The third-order valence-corrected chi connectivity index (χ3v) is 2.77. The highest BCUT2D eigenvalue weighted by atomic mass is 16.2. The van der Waals surface area contributed by atoms with Gasteiger partial charge in [-0.05, 0) is 13.3 Å². The summed E-state index contributed by atoms with van der Waals surface area (Å²) < 4.78 is 1.38. The molecule has 1 aromatic heterocycles. The van der Waals surface area contributed by atoms with Crippen molar-refractivity contribution in [1.29, 1.82) is 0 Å². The predicted octanol–water partition coefficient (Wildman–Crippen LogP) is 0.452. The SMILES string of the molecule is CC(CN1CCCC1=O)NC(=O)n1ccnc1.